The maximum atomic E-state index is 12.0. The van der Waals surface area contributed by atoms with Crippen molar-refractivity contribution in [2.24, 2.45) is 0 Å². The predicted octanol–water partition coefficient (Wildman–Crippen LogP) is 3.58. The number of nitrogens with zero attached hydrogens (tertiary/aromatic N) is 1. The Labute approximate surface area is 155 Å². The van der Waals surface area contributed by atoms with Crippen molar-refractivity contribution in [1.82, 2.24) is 10.2 Å². The van der Waals surface area contributed by atoms with E-state index in [0.29, 0.717) is 11.5 Å². The molecule has 0 fully saturated rings. The van der Waals surface area contributed by atoms with E-state index in [9.17, 15) is 4.79 Å². The van der Waals surface area contributed by atoms with Crippen molar-refractivity contribution in [2.45, 2.75) is 26.8 Å². The first-order valence-electron chi connectivity index (χ1n) is 8.56. The fraction of sp³-hybridized carbons (Fsp3) is 0.300. The fourth-order valence-corrected chi connectivity index (χ4v) is 2.75. The normalized spacial score (nSPS) is 10.5. The molecule has 0 atom stereocenters. The van der Waals surface area contributed by atoms with Crippen molar-refractivity contribution in [3.63, 3.8) is 0 Å². The highest BCUT2D eigenvalue weighted by Gasteiger charge is 2.06. The third-order valence-corrected chi connectivity index (χ3v) is 4.18. The Morgan fingerprint density at radius 2 is 1.60 bits per heavy atom. The SMILES string of the molecule is CCN(CC)Cc1ccc(NC(=S)NC(=O)Cc2ccccc2)cc1. The standard InChI is InChI=1S/C20H25N3OS/c1-3-23(4-2)15-17-10-12-18(13-11-17)21-20(25)22-19(24)14-16-8-6-5-7-9-16/h5-13H,3-4,14-15H2,1-2H3,(H2,21,22,24,25). The second kappa shape index (κ2) is 9.91. The summed E-state index contributed by atoms with van der Waals surface area (Å²) < 4.78 is 0. The molecule has 2 rings (SSSR count). The number of nitrogens with one attached hydrogen (secondary N) is 2. The third kappa shape index (κ3) is 6.64. The zero-order valence-corrected chi connectivity index (χ0v) is 15.6. The Morgan fingerprint density at radius 1 is 0.960 bits per heavy atom. The Bertz CT molecular complexity index is 682. The molecule has 0 bridgehead atoms. The van der Waals surface area contributed by atoms with Crippen molar-refractivity contribution < 1.29 is 4.79 Å². The van der Waals surface area contributed by atoms with Crippen LogP contribution in [0.25, 0.3) is 0 Å². The zero-order valence-electron chi connectivity index (χ0n) is 14.8. The number of hydrogen-bond donors (Lipinski definition) is 2. The number of carbonyl (C=O) groups excluding carboxylic acids is 1. The van der Waals surface area contributed by atoms with Gasteiger partial charge in [0.25, 0.3) is 0 Å². The number of rotatable bonds is 7. The lowest BCUT2D eigenvalue weighted by atomic mass is 10.1. The number of thiocarbonyl (C=S) groups is 1. The van der Waals surface area contributed by atoms with Gasteiger partial charge in [0.15, 0.2) is 5.11 Å². The van der Waals surface area contributed by atoms with E-state index in [0.717, 1.165) is 30.9 Å². The van der Waals surface area contributed by atoms with Crippen LogP contribution >= 0.6 is 12.2 Å². The number of amides is 1. The van der Waals surface area contributed by atoms with Gasteiger partial charge in [0.2, 0.25) is 5.91 Å². The summed E-state index contributed by atoms with van der Waals surface area (Å²) in [4.78, 5) is 14.4. The Kier molecular flexibility index (Phi) is 7.57. The summed E-state index contributed by atoms with van der Waals surface area (Å²) >= 11 is 5.22. The second-order valence-electron chi connectivity index (χ2n) is 5.82. The molecule has 2 aromatic rings. The second-order valence-corrected chi connectivity index (χ2v) is 6.23. The van der Waals surface area contributed by atoms with E-state index >= 15 is 0 Å². The average molecular weight is 356 g/mol. The number of benzene rings is 2. The van der Waals surface area contributed by atoms with Gasteiger partial charge in [-0.25, -0.2) is 0 Å². The molecule has 4 nitrogen and oxygen atoms in total. The van der Waals surface area contributed by atoms with Gasteiger partial charge in [-0.2, -0.15) is 0 Å². The van der Waals surface area contributed by atoms with Gasteiger partial charge in [0, 0.05) is 12.2 Å². The Hall–Kier alpha value is -2.24. The molecule has 0 radical (unpaired) electrons. The lowest BCUT2D eigenvalue weighted by molar-refractivity contribution is -0.119. The van der Waals surface area contributed by atoms with Crippen molar-refractivity contribution in [3.05, 3.63) is 65.7 Å². The van der Waals surface area contributed by atoms with Crippen molar-refractivity contribution in [2.75, 3.05) is 18.4 Å². The maximum Gasteiger partial charge on any atom is 0.230 e. The van der Waals surface area contributed by atoms with E-state index in [-0.39, 0.29) is 5.91 Å². The molecule has 5 heteroatoms. The fourth-order valence-electron chi connectivity index (χ4n) is 2.51. The smallest absolute Gasteiger partial charge is 0.230 e. The summed E-state index contributed by atoms with van der Waals surface area (Å²) in [5.74, 6) is -0.123. The molecule has 0 spiro atoms. The van der Waals surface area contributed by atoms with E-state index in [1.807, 2.05) is 42.5 Å². The van der Waals surface area contributed by atoms with E-state index in [4.69, 9.17) is 12.2 Å². The van der Waals surface area contributed by atoms with Crippen LogP contribution in [0.1, 0.15) is 25.0 Å². The third-order valence-electron chi connectivity index (χ3n) is 3.97. The van der Waals surface area contributed by atoms with Gasteiger partial charge in [-0.05, 0) is 48.6 Å². The molecule has 0 saturated heterocycles. The molecule has 2 aromatic carbocycles. The molecule has 0 aliphatic rings. The van der Waals surface area contributed by atoms with Crippen molar-refractivity contribution >= 4 is 28.9 Å². The summed E-state index contributed by atoms with van der Waals surface area (Å²) in [6, 6.07) is 17.7. The first-order chi connectivity index (χ1) is 12.1. The number of hydrogen-bond acceptors (Lipinski definition) is 3. The van der Waals surface area contributed by atoms with Crippen LogP contribution < -0.4 is 10.6 Å². The van der Waals surface area contributed by atoms with Gasteiger partial charge in [0.05, 0.1) is 6.42 Å². The summed E-state index contributed by atoms with van der Waals surface area (Å²) in [6.45, 7) is 7.33. The average Bonchev–Trinajstić information content (AvgIpc) is 2.61. The summed E-state index contributed by atoms with van der Waals surface area (Å²) in [5.41, 5.74) is 3.09. The van der Waals surface area contributed by atoms with Gasteiger partial charge >= 0.3 is 0 Å². The van der Waals surface area contributed by atoms with Crippen molar-refractivity contribution in [3.8, 4) is 0 Å². The van der Waals surface area contributed by atoms with Crippen LogP contribution in [0.15, 0.2) is 54.6 Å². The van der Waals surface area contributed by atoms with Crippen LogP contribution in [0, 0.1) is 0 Å². The molecule has 0 unspecified atom stereocenters. The molecule has 2 N–H and O–H groups in total. The first kappa shape index (κ1) is 19.1. The molecule has 0 heterocycles. The van der Waals surface area contributed by atoms with Crippen LogP contribution in [0.5, 0.6) is 0 Å². The molecular weight excluding hydrogens is 330 g/mol. The number of anilines is 1. The van der Waals surface area contributed by atoms with Gasteiger partial charge in [-0.15, -0.1) is 0 Å². The monoisotopic (exact) mass is 355 g/mol. The van der Waals surface area contributed by atoms with Crippen LogP contribution in [0.4, 0.5) is 5.69 Å². The highest BCUT2D eigenvalue weighted by atomic mass is 32.1. The van der Waals surface area contributed by atoms with Crippen molar-refractivity contribution in [1.29, 1.82) is 0 Å². The minimum absolute atomic E-state index is 0.123. The zero-order chi connectivity index (χ0) is 18.1. The molecule has 132 valence electrons. The lowest BCUT2D eigenvalue weighted by Crippen LogP contribution is -2.35. The lowest BCUT2D eigenvalue weighted by Gasteiger charge is -2.18. The van der Waals surface area contributed by atoms with E-state index in [1.165, 1.54) is 5.56 Å². The minimum atomic E-state index is -0.123. The van der Waals surface area contributed by atoms with Crippen LogP contribution in [-0.4, -0.2) is 29.0 Å². The summed E-state index contributed by atoms with van der Waals surface area (Å²) in [5, 5.41) is 6.09. The summed E-state index contributed by atoms with van der Waals surface area (Å²) in [7, 11) is 0. The topological polar surface area (TPSA) is 44.4 Å². The van der Waals surface area contributed by atoms with Gasteiger partial charge in [-0.1, -0.05) is 56.3 Å². The van der Waals surface area contributed by atoms with Crippen LogP contribution in [-0.2, 0) is 17.8 Å². The molecule has 1 amide bonds. The van der Waals surface area contributed by atoms with Crippen LogP contribution in [0.2, 0.25) is 0 Å². The highest BCUT2D eigenvalue weighted by Crippen LogP contribution is 2.11. The minimum Gasteiger partial charge on any atom is -0.332 e. The van der Waals surface area contributed by atoms with Gasteiger partial charge < -0.3 is 10.6 Å². The molecule has 0 saturated carbocycles. The molecule has 0 aromatic heterocycles. The number of carbonyl (C=O) groups is 1. The molecule has 25 heavy (non-hydrogen) atoms. The predicted molar refractivity (Wildman–Crippen MR) is 108 cm³/mol. The first-order valence-corrected chi connectivity index (χ1v) is 8.97. The van der Waals surface area contributed by atoms with E-state index < -0.39 is 0 Å². The molecule has 0 aliphatic heterocycles. The highest BCUT2D eigenvalue weighted by molar-refractivity contribution is 7.80. The largest absolute Gasteiger partial charge is 0.332 e. The molecular formula is C20H25N3OS. The summed E-state index contributed by atoms with van der Waals surface area (Å²) in [6.07, 6.45) is 0.311. The van der Waals surface area contributed by atoms with E-state index in [1.54, 1.807) is 0 Å². The molecule has 0 aliphatic carbocycles. The van der Waals surface area contributed by atoms with E-state index in [2.05, 4.69) is 41.5 Å². The van der Waals surface area contributed by atoms with Crippen LogP contribution in [0.3, 0.4) is 0 Å². The quantitative estimate of drug-likeness (QED) is 0.745. The van der Waals surface area contributed by atoms with Gasteiger partial charge in [-0.3, -0.25) is 9.69 Å². The van der Waals surface area contributed by atoms with Gasteiger partial charge in [0.1, 0.15) is 0 Å². The Morgan fingerprint density at radius 3 is 2.20 bits per heavy atom. The maximum absolute atomic E-state index is 12.0. The Balaban J connectivity index is 1.82.